The molecule has 4 aromatic heterocycles. The normalized spacial score (nSPS) is 11.9. The lowest BCUT2D eigenvalue weighted by Crippen LogP contribution is -2.05. The minimum absolute atomic E-state index is 0.633. The number of rotatable bonds is 4. The maximum absolute atomic E-state index is 6.31. The summed E-state index contributed by atoms with van der Waals surface area (Å²) in [6, 6.07) is 59.5. The van der Waals surface area contributed by atoms with E-state index >= 15 is 0 Å². The van der Waals surface area contributed by atoms with Gasteiger partial charge in [0.05, 0.1) is 33.4 Å². The highest BCUT2D eigenvalue weighted by molar-refractivity contribution is 6.15. The molecule has 0 unspecified atom stereocenters. The van der Waals surface area contributed by atoms with Crippen LogP contribution < -0.4 is 0 Å². The molecule has 0 spiro atoms. The topological polar surface area (TPSA) is 48.8 Å². The Bertz CT molecular complexity index is 3090. The third kappa shape index (κ3) is 4.15. The Hall–Kier alpha value is -6.98. The van der Waals surface area contributed by atoms with Gasteiger partial charge in [-0.1, -0.05) is 121 Å². The largest absolute Gasteiger partial charge is 0.456 e. The monoisotopic (exact) mass is 652 g/mol. The van der Waals surface area contributed by atoms with Gasteiger partial charge in [-0.25, -0.2) is 9.97 Å². The summed E-state index contributed by atoms with van der Waals surface area (Å²) < 4.78 is 11.0. The van der Waals surface area contributed by atoms with Crippen molar-refractivity contribution in [3.8, 4) is 34.2 Å². The maximum atomic E-state index is 6.31. The van der Waals surface area contributed by atoms with Crippen molar-refractivity contribution in [2.75, 3.05) is 0 Å². The Morgan fingerprint density at radius 1 is 0.392 bits per heavy atom. The number of nitrogens with zero attached hydrogens (tertiary/aromatic N) is 4. The van der Waals surface area contributed by atoms with Gasteiger partial charge >= 0.3 is 0 Å². The molecular weight excluding hydrogens is 625 g/mol. The van der Waals surface area contributed by atoms with Gasteiger partial charge in [0, 0.05) is 49.5 Å². The smallest absolute Gasteiger partial charge is 0.162 e. The Morgan fingerprint density at radius 3 is 1.73 bits per heavy atom. The molecule has 0 atom stereocenters. The summed E-state index contributed by atoms with van der Waals surface area (Å²) >= 11 is 0. The molecule has 5 heteroatoms. The van der Waals surface area contributed by atoms with Gasteiger partial charge in [0.1, 0.15) is 17.0 Å². The SMILES string of the molecule is c1ccc(-c2cc(-n3c4ccccc4c4cccc(-n5c6ccccc6c6ccccc65)c43)nc(-c3ccc4c(c3)oc3ccccc34)n2)cc1. The molecule has 0 fully saturated rings. The van der Waals surface area contributed by atoms with Crippen molar-refractivity contribution in [2.24, 2.45) is 0 Å². The van der Waals surface area contributed by atoms with Gasteiger partial charge < -0.3 is 8.98 Å². The summed E-state index contributed by atoms with van der Waals surface area (Å²) in [4.78, 5) is 10.6. The molecule has 11 aromatic rings. The van der Waals surface area contributed by atoms with Crippen LogP contribution in [0.25, 0.3) is 99.7 Å². The molecular formula is C46H28N4O. The van der Waals surface area contributed by atoms with Crippen LogP contribution in [0.2, 0.25) is 0 Å². The molecule has 0 bridgehead atoms. The third-order valence-corrected chi connectivity index (χ3v) is 10.1. The van der Waals surface area contributed by atoms with Gasteiger partial charge in [0.15, 0.2) is 5.82 Å². The summed E-state index contributed by atoms with van der Waals surface area (Å²) in [6.07, 6.45) is 0. The molecule has 0 aliphatic carbocycles. The molecule has 5 nitrogen and oxygen atoms in total. The Balaban J connectivity index is 1.24. The summed E-state index contributed by atoms with van der Waals surface area (Å²) in [5.74, 6) is 1.43. The van der Waals surface area contributed by atoms with E-state index in [4.69, 9.17) is 14.4 Å². The molecule has 0 N–H and O–H groups in total. The molecule has 4 heterocycles. The highest BCUT2D eigenvalue weighted by Crippen LogP contribution is 2.40. The Kier molecular flexibility index (Phi) is 5.89. The quantitative estimate of drug-likeness (QED) is 0.190. The van der Waals surface area contributed by atoms with Gasteiger partial charge in [-0.15, -0.1) is 0 Å². The van der Waals surface area contributed by atoms with Crippen LogP contribution in [-0.4, -0.2) is 19.1 Å². The summed E-state index contributed by atoms with van der Waals surface area (Å²) in [6.45, 7) is 0. The van der Waals surface area contributed by atoms with Crippen LogP contribution in [0.15, 0.2) is 174 Å². The number of furan rings is 1. The summed E-state index contributed by atoms with van der Waals surface area (Å²) in [5, 5.41) is 6.96. The van der Waals surface area contributed by atoms with Crippen molar-refractivity contribution < 1.29 is 4.42 Å². The fourth-order valence-corrected chi connectivity index (χ4v) is 7.90. The van der Waals surface area contributed by atoms with E-state index in [1.165, 1.54) is 16.2 Å². The maximum Gasteiger partial charge on any atom is 0.162 e. The van der Waals surface area contributed by atoms with E-state index in [9.17, 15) is 0 Å². The molecule has 0 radical (unpaired) electrons. The number of para-hydroxylation sites is 5. The van der Waals surface area contributed by atoms with E-state index in [-0.39, 0.29) is 0 Å². The van der Waals surface area contributed by atoms with E-state index in [0.717, 1.165) is 77.7 Å². The first-order chi connectivity index (χ1) is 25.3. The molecule has 238 valence electrons. The molecule has 0 aliphatic heterocycles. The van der Waals surface area contributed by atoms with Crippen LogP contribution in [0.5, 0.6) is 0 Å². The first-order valence-electron chi connectivity index (χ1n) is 17.2. The molecule has 0 saturated carbocycles. The molecule has 0 amide bonds. The standard InChI is InChI=1S/C46H28N4O/c1-2-13-29(14-3-1)37-28-44(48-46(47-37)30-25-26-35-34-18-7-11-24-42(34)51-43(35)27-30)50-40-22-10-6-17-33(40)36-19-12-23-41(45(36)50)49-38-20-8-4-15-31(38)32-16-5-9-21-39(32)49/h1-28H. The fourth-order valence-electron chi connectivity index (χ4n) is 7.90. The van der Waals surface area contributed by atoms with Crippen molar-refractivity contribution in [2.45, 2.75) is 0 Å². The predicted molar refractivity (Wildman–Crippen MR) is 209 cm³/mol. The number of fused-ring (bicyclic) bond motifs is 9. The summed E-state index contributed by atoms with van der Waals surface area (Å²) in [7, 11) is 0. The van der Waals surface area contributed by atoms with E-state index in [1.807, 2.05) is 24.3 Å². The first kappa shape index (κ1) is 27.9. The van der Waals surface area contributed by atoms with Crippen molar-refractivity contribution >= 4 is 65.6 Å². The molecule has 51 heavy (non-hydrogen) atoms. The van der Waals surface area contributed by atoms with Crippen LogP contribution in [0.4, 0.5) is 0 Å². The zero-order chi connectivity index (χ0) is 33.5. The first-order valence-corrected chi connectivity index (χ1v) is 17.2. The van der Waals surface area contributed by atoms with Crippen LogP contribution in [0.1, 0.15) is 0 Å². The van der Waals surface area contributed by atoms with Gasteiger partial charge in [-0.2, -0.15) is 0 Å². The Morgan fingerprint density at radius 2 is 0.980 bits per heavy atom. The number of aromatic nitrogens is 4. The molecule has 7 aromatic carbocycles. The lowest BCUT2D eigenvalue weighted by Gasteiger charge is -2.15. The zero-order valence-corrected chi connectivity index (χ0v) is 27.4. The average molecular weight is 653 g/mol. The number of hydrogen-bond donors (Lipinski definition) is 0. The highest BCUT2D eigenvalue weighted by Gasteiger charge is 2.22. The Labute approximate surface area is 292 Å². The van der Waals surface area contributed by atoms with Gasteiger partial charge in [-0.3, -0.25) is 4.57 Å². The van der Waals surface area contributed by atoms with Crippen molar-refractivity contribution in [1.29, 1.82) is 0 Å². The van der Waals surface area contributed by atoms with Crippen molar-refractivity contribution in [3.05, 3.63) is 170 Å². The fraction of sp³-hybridized carbons (Fsp3) is 0. The zero-order valence-electron chi connectivity index (χ0n) is 27.4. The third-order valence-electron chi connectivity index (χ3n) is 10.1. The predicted octanol–water partition coefficient (Wildman–Crippen LogP) is 11.9. The number of benzene rings is 7. The lowest BCUT2D eigenvalue weighted by molar-refractivity contribution is 0.669. The number of hydrogen-bond acceptors (Lipinski definition) is 3. The second-order valence-corrected chi connectivity index (χ2v) is 13.0. The molecule has 11 rings (SSSR count). The van der Waals surface area contributed by atoms with E-state index in [1.54, 1.807) is 0 Å². The highest BCUT2D eigenvalue weighted by atomic mass is 16.3. The van der Waals surface area contributed by atoms with Crippen LogP contribution in [0, 0.1) is 0 Å². The van der Waals surface area contributed by atoms with Crippen LogP contribution in [0.3, 0.4) is 0 Å². The van der Waals surface area contributed by atoms with Gasteiger partial charge in [0.2, 0.25) is 0 Å². The van der Waals surface area contributed by atoms with E-state index < -0.39 is 0 Å². The van der Waals surface area contributed by atoms with Crippen LogP contribution >= 0.6 is 0 Å². The summed E-state index contributed by atoms with van der Waals surface area (Å²) in [5.41, 5.74) is 10.0. The second-order valence-electron chi connectivity index (χ2n) is 13.0. The lowest BCUT2D eigenvalue weighted by atomic mass is 10.1. The minimum Gasteiger partial charge on any atom is -0.456 e. The second kappa shape index (κ2) is 10.8. The average Bonchev–Trinajstić information content (AvgIpc) is 3.86. The van der Waals surface area contributed by atoms with Crippen molar-refractivity contribution in [3.63, 3.8) is 0 Å². The molecule has 0 saturated heterocycles. The van der Waals surface area contributed by atoms with E-state index in [2.05, 4.69) is 155 Å². The van der Waals surface area contributed by atoms with Gasteiger partial charge in [0.25, 0.3) is 0 Å². The van der Waals surface area contributed by atoms with Crippen molar-refractivity contribution in [1.82, 2.24) is 19.1 Å². The molecule has 0 aliphatic rings. The van der Waals surface area contributed by atoms with Gasteiger partial charge in [-0.05, 0) is 42.5 Å². The van der Waals surface area contributed by atoms with Crippen LogP contribution in [-0.2, 0) is 0 Å². The van der Waals surface area contributed by atoms with E-state index in [0.29, 0.717) is 5.82 Å². The minimum atomic E-state index is 0.633.